The van der Waals surface area contributed by atoms with Crippen LogP contribution in [0.5, 0.6) is 0 Å². The molecule has 0 spiro atoms. The zero-order valence-corrected chi connectivity index (χ0v) is 11.4. The SMILES string of the molecule is C=CCO/N=C(\CC(=O)OCC)c1ccccc1C. The number of esters is 1. The Labute approximate surface area is 113 Å². The Bertz CT molecular complexity index is 466. The Morgan fingerprint density at radius 2 is 2.16 bits per heavy atom. The van der Waals surface area contributed by atoms with Crippen molar-refractivity contribution in [2.45, 2.75) is 20.3 Å². The van der Waals surface area contributed by atoms with E-state index in [1.54, 1.807) is 13.0 Å². The van der Waals surface area contributed by atoms with Crippen LogP contribution in [0.1, 0.15) is 24.5 Å². The molecule has 0 aliphatic rings. The highest BCUT2D eigenvalue weighted by Crippen LogP contribution is 2.12. The average molecular weight is 261 g/mol. The summed E-state index contributed by atoms with van der Waals surface area (Å²) in [5.41, 5.74) is 2.49. The molecule has 4 nitrogen and oxygen atoms in total. The summed E-state index contributed by atoms with van der Waals surface area (Å²) in [6.45, 7) is 7.95. The van der Waals surface area contributed by atoms with Gasteiger partial charge in [0.2, 0.25) is 0 Å². The van der Waals surface area contributed by atoms with Crippen LogP contribution in [0.25, 0.3) is 0 Å². The summed E-state index contributed by atoms with van der Waals surface area (Å²) in [4.78, 5) is 16.7. The highest BCUT2D eigenvalue weighted by atomic mass is 16.6. The number of rotatable bonds is 7. The smallest absolute Gasteiger partial charge is 0.312 e. The summed E-state index contributed by atoms with van der Waals surface area (Å²) in [6, 6.07) is 7.70. The van der Waals surface area contributed by atoms with Crippen LogP contribution in [-0.2, 0) is 14.4 Å². The van der Waals surface area contributed by atoms with Crippen LogP contribution >= 0.6 is 0 Å². The van der Waals surface area contributed by atoms with Crippen molar-refractivity contribution in [2.75, 3.05) is 13.2 Å². The molecule has 0 heterocycles. The lowest BCUT2D eigenvalue weighted by Gasteiger charge is -2.09. The summed E-state index contributed by atoms with van der Waals surface area (Å²) in [5.74, 6) is -0.313. The monoisotopic (exact) mass is 261 g/mol. The van der Waals surface area contributed by atoms with E-state index < -0.39 is 0 Å². The van der Waals surface area contributed by atoms with E-state index in [1.165, 1.54) is 0 Å². The van der Waals surface area contributed by atoms with Crippen LogP contribution in [-0.4, -0.2) is 24.9 Å². The van der Waals surface area contributed by atoms with Gasteiger partial charge in [-0.25, -0.2) is 0 Å². The quantitative estimate of drug-likeness (QED) is 0.249. The van der Waals surface area contributed by atoms with Gasteiger partial charge in [-0.05, 0) is 19.4 Å². The molecule has 4 heteroatoms. The van der Waals surface area contributed by atoms with Crippen molar-refractivity contribution in [1.82, 2.24) is 0 Å². The second-order valence-electron chi connectivity index (χ2n) is 3.92. The third kappa shape index (κ3) is 4.95. The number of nitrogens with zero attached hydrogens (tertiary/aromatic N) is 1. The zero-order chi connectivity index (χ0) is 14.1. The van der Waals surface area contributed by atoms with Gasteiger partial charge in [0.25, 0.3) is 0 Å². The number of oxime groups is 1. The molecule has 1 rings (SSSR count). The lowest BCUT2D eigenvalue weighted by atomic mass is 10.0. The first-order chi connectivity index (χ1) is 9.19. The predicted molar refractivity (Wildman–Crippen MR) is 75.1 cm³/mol. The summed E-state index contributed by atoms with van der Waals surface area (Å²) in [6.07, 6.45) is 1.69. The second-order valence-corrected chi connectivity index (χ2v) is 3.92. The first kappa shape index (κ1) is 15.0. The number of carbonyl (C=O) groups excluding carboxylic acids is 1. The molecule has 0 bridgehead atoms. The van der Waals surface area contributed by atoms with Gasteiger partial charge in [0.05, 0.1) is 18.7 Å². The van der Waals surface area contributed by atoms with Crippen LogP contribution < -0.4 is 0 Å². The maximum atomic E-state index is 11.6. The number of hydrogen-bond acceptors (Lipinski definition) is 4. The van der Waals surface area contributed by atoms with Gasteiger partial charge in [0.1, 0.15) is 6.61 Å². The average Bonchev–Trinajstić information content (AvgIpc) is 2.39. The molecule has 0 radical (unpaired) electrons. The lowest BCUT2D eigenvalue weighted by molar-refractivity contribution is -0.141. The van der Waals surface area contributed by atoms with Gasteiger partial charge < -0.3 is 9.57 Å². The molecule has 1 aromatic rings. The van der Waals surface area contributed by atoms with Gasteiger partial charge >= 0.3 is 5.97 Å². The maximum absolute atomic E-state index is 11.6. The van der Waals surface area contributed by atoms with Crippen molar-refractivity contribution >= 4 is 11.7 Å². The third-order valence-electron chi connectivity index (χ3n) is 2.44. The van der Waals surface area contributed by atoms with Crippen molar-refractivity contribution in [2.24, 2.45) is 5.16 Å². The minimum Gasteiger partial charge on any atom is -0.466 e. The van der Waals surface area contributed by atoms with Gasteiger partial charge in [-0.2, -0.15) is 0 Å². The summed E-state index contributed by atoms with van der Waals surface area (Å²) >= 11 is 0. The highest BCUT2D eigenvalue weighted by Gasteiger charge is 2.13. The first-order valence-electron chi connectivity index (χ1n) is 6.20. The zero-order valence-electron chi connectivity index (χ0n) is 11.4. The van der Waals surface area contributed by atoms with Crippen LogP contribution in [0.2, 0.25) is 0 Å². The Kier molecular flexibility index (Phi) is 6.36. The van der Waals surface area contributed by atoms with Crippen LogP contribution in [0.15, 0.2) is 42.1 Å². The van der Waals surface area contributed by atoms with E-state index in [0.29, 0.717) is 18.9 Å². The van der Waals surface area contributed by atoms with Crippen molar-refractivity contribution in [3.63, 3.8) is 0 Å². The van der Waals surface area contributed by atoms with E-state index >= 15 is 0 Å². The number of carbonyl (C=O) groups is 1. The Morgan fingerprint density at radius 1 is 1.42 bits per heavy atom. The van der Waals surface area contributed by atoms with Gasteiger partial charge in [-0.15, -0.1) is 0 Å². The molecule has 0 amide bonds. The van der Waals surface area contributed by atoms with Gasteiger partial charge in [0, 0.05) is 5.56 Å². The second kappa shape index (κ2) is 8.08. The molecule has 0 atom stereocenters. The summed E-state index contributed by atoms with van der Waals surface area (Å²) in [5, 5.41) is 4.01. The Hall–Kier alpha value is -2.10. The first-order valence-corrected chi connectivity index (χ1v) is 6.20. The number of hydrogen-bond donors (Lipinski definition) is 0. The van der Waals surface area contributed by atoms with Crippen LogP contribution in [0.4, 0.5) is 0 Å². The minimum absolute atomic E-state index is 0.0931. The van der Waals surface area contributed by atoms with Gasteiger partial charge in [-0.1, -0.05) is 42.1 Å². The largest absolute Gasteiger partial charge is 0.466 e. The molecule has 0 saturated carbocycles. The van der Waals surface area contributed by atoms with Crippen molar-refractivity contribution in [3.05, 3.63) is 48.0 Å². The number of aryl methyl sites for hydroxylation is 1. The summed E-state index contributed by atoms with van der Waals surface area (Å²) < 4.78 is 4.94. The highest BCUT2D eigenvalue weighted by molar-refractivity contribution is 6.09. The maximum Gasteiger partial charge on any atom is 0.312 e. The van der Waals surface area contributed by atoms with Crippen molar-refractivity contribution in [1.29, 1.82) is 0 Å². The molecule has 19 heavy (non-hydrogen) atoms. The molecule has 0 aliphatic heterocycles. The third-order valence-corrected chi connectivity index (χ3v) is 2.44. The Balaban J connectivity index is 2.92. The number of ether oxygens (including phenoxy) is 1. The van der Waals surface area contributed by atoms with Crippen molar-refractivity contribution < 1.29 is 14.4 Å². The van der Waals surface area contributed by atoms with Gasteiger partial charge in [-0.3, -0.25) is 4.79 Å². The van der Waals surface area contributed by atoms with Gasteiger partial charge in [0.15, 0.2) is 0 Å². The number of benzene rings is 1. The Morgan fingerprint density at radius 3 is 2.79 bits per heavy atom. The normalized spacial score (nSPS) is 10.9. The fraction of sp³-hybridized carbons (Fsp3) is 0.333. The molecular formula is C15H19NO3. The summed E-state index contributed by atoms with van der Waals surface area (Å²) in [7, 11) is 0. The van der Waals surface area contributed by atoms with E-state index in [1.807, 2.05) is 31.2 Å². The van der Waals surface area contributed by atoms with Crippen molar-refractivity contribution in [3.8, 4) is 0 Å². The minimum atomic E-state index is -0.313. The molecule has 102 valence electrons. The lowest BCUT2D eigenvalue weighted by Crippen LogP contribution is -2.14. The van der Waals surface area contributed by atoms with E-state index in [-0.39, 0.29) is 12.4 Å². The molecule has 0 fully saturated rings. The standard InChI is InChI=1S/C15H19NO3/c1-4-10-19-16-14(11-15(17)18-5-2)13-9-7-6-8-12(13)3/h4,6-9H,1,5,10-11H2,2-3H3/b16-14+. The van der Waals surface area contributed by atoms with E-state index in [2.05, 4.69) is 11.7 Å². The molecule has 0 unspecified atom stereocenters. The molecular weight excluding hydrogens is 242 g/mol. The van der Waals surface area contributed by atoms with E-state index in [0.717, 1.165) is 11.1 Å². The fourth-order valence-corrected chi connectivity index (χ4v) is 1.59. The van der Waals surface area contributed by atoms with E-state index in [4.69, 9.17) is 9.57 Å². The van der Waals surface area contributed by atoms with E-state index in [9.17, 15) is 4.79 Å². The topological polar surface area (TPSA) is 47.9 Å². The fourth-order valence-electron chi connectivity index (χ4n) is 1.59. The molecule has 1 aromatic carbocycles. The van der Waals surface area contributed by atoms with Crippen LogP contribution in [0.3, 0.4) is 0 Å². The molecule has 0 saturated heterocycles. The van der Waals surface area contributed by atoms with Crippen LogP contribution in [0, 0.1) is 6.92 Å². The molecule has 0 N–H and O–H groups in total. The molecule has 0 aliphatic carbocycles. The predicted octanol–water partition coefficient (Wildman–Crippen LogP) is 2.85. The molecule has 0 aromatic heterocycles.